The van der Waals surface area contributed by atoms with Crippen LogP contribution in [-0.2, 0) is 17.7 Å². The average molecular weight is 467 g/mol. The maximum absolute atomic E-state index is 5.69. The van der Waals surface area contributed by atoms with E-state index in [9.17, 15) is 0 Å². The monoisotopic (exact) mass is 466 g/mol. The highest BCUT2D eigenvalue weighted by molar-refractivity contribution is 7.80. The van der Waals surface area contributed by atoms with Crippen LogP contribution in [0.3, 0.4) is 0 Å². The van der Waals surface area contributed by atoms with Crippen molar-refractivity contribution in [1.82, 2.24) is 15.3 Å². The minimum absolute atomic E-state index is 0.233. The Hall–Kier alpha value is -2.45. The first-order valence-electron chi connectivity index (χ1n) is 12.3. The number of fused-ring (bicyclic) bond motifs is 1. The van der Waals surface area contributed by atoms with Crippen molar-refractivity contribution in [2.24, 2.45) is 5.92 Å². The predicted molar refractivity (Wildman–Crippen MR) is 137 cm³/mol. The lowest BCUT2D eigenvalue weighted by molar-refractivity contribution is 0.114. The Kier molecular flexibility index (Phi) is 6.92. The Balaban J connectivity index is 1.34. The number of nitrogens with one attached hydrogen (secondary N) is 2. The molecule has 3 aliphatic rings. The van der Waals surface area contributed by atoms with Crippen LogP contribution >= 0.6 is 12.2 Å². The number of ether oxygens (including phenoxy) is 1. The number of anilines is 3. The van der Waals surface area contributed by atoms with E-state index in [2.05, 4.69) is 57.7 Å². The molecule has 5 rings (SSSR count). The number of aromatic nitrogens is 2. The normalized spacial score (nSPS) is 21.1. The first kappa shape index (κ1) is 22.3. The van der Waals surface area contributed by atoms with Gasteiger partial charge in [0.05, 0.1) is 6.10 Å². The summed E-state index contributed by atoms with van der Waals surface area (Å²) in [4.78, 5) is 14.5. The fourth-order valence-corrected chi connectivity index (χ4v) is 5.06. The zero-order valence-corrected chi connectivity index (χ0v) is 20.2. The molecule has 176 valence electrons. The second-order valence-electron chi connectivity index (χ2n) is 9.49. The SMILES string of the molecule is CC1CCN(c2cc(N3CCc4ccccc4C3)nc(NC(=S)NC[C@@H]3CCCO3)n2)CC1. The van der Waals surface area contributed by atoms with Crippen LogP contribution in [0.4, 0.5) is 17.6 Å². The fourth-order valence-electron chi connectivity index (χ4n) is 4.89. The van der Waals surface area contributed by atoms with Crippen molar-refractivity contribution in [3.05, 3.63) is 41.5 Å². The molecule has 2 saturated heterocycles. The molecule has 8 heteroatoms. The highest BCUT2D eigenvalue weighted by Crippen LogP contribution is 2.29. The van der Waals surface area contributed by atoms with Crippen molar-refractivity contribution in [2.75, 3.05) is 47.9 Å². The first-order chi connectivity index (χ1) is 16.1. The molecule has 0 unspecified atom stereocenters. The molecule has 3 aliphatic heterocycles. The summed E-state index contributed by atoms with van der Waals surface area (Å²) < 4.78 is 5.69. The van der Waals surface area contributed by atoms with Crippen LogP contribution in [0.1, 0.15) is 43.7 Å². The summed E-state index contributed by atoms with van der Waals surface area (Å²) >= 11 is 5.55. The van der Waals surface area contributed by atoms with Crippen LogP contribution in [0.2, 0.25) is 0 Å². The molecule has 2 aromatic rings. The van der Waals surface area contributed by atoms with Crippen molar-refractivity contribution in [3.8, 4) is 0 Å². The minimum Gasteiger partial charge on any atom is -0.376 e. The van der Waals surface area contributed by atoms with Crippen LogP contribution in [-0.4, -0.2) is 54.0 Å². The molecule has 1 aromatic heterocycles. The zero-order chi connectivity index (χ0) is 22.6. The summed E-state index contributed by atoms with van der Waals surface area (Å²) in [5.74, 6) is 3.27. The van der Waals surface area contributed by atoms with Crippen LogP contribution < -0.4 is 20.4 Å². The van der Waals surface area contributed by atoms with Crippen LogP contribution in [0.5, 0.6) is 0 Å². The summed E-state index contributed by atoms with van der Waals surface area (Å²) in [5, 5.41) is 7.07. The van der Waals surface area contributed by atoms with Gasteiger partial charge in [-0.1, -0.05) is 31.2 Å². The first-order valence-corrected chi connectivity index (χ1v) is 12.7. The molecule has 0 radical (unpaired) electrons. The smallest absolute Gasteiger partial charge is 0.232 e. The summed E-state index contributed by atoms with van der Waals surface area (Å²) in [6.45, 7) is 7.76. The number of piperidine rings is 1. The topological polar surface area (TPSA) is 65.5 Å². The van der Waals surface area contributed by atoms with Crippen molar-refractivity contribution in [2.45, 2.75) is 51.7 Å². The largest absolute Gasteiger partial charge is 0.376 e. The minimum atomic E-state index is 0.233. The summed E-state index contributed by atoms with van der Waals surface area (Å²) in [6, 6.07) is 10.9. The van der Waals surface area contributed by atoms with Gasteiger partial charge in [0.1, 0.15) is 11.6 Å². The third-order valence-electron chi connectivity index (χ3n) is 7.00. The van der Waals surface area contributed by atoms with Crippen molar-refractivity contribution in [1.29, 1.82) is 0 Å². The molecular weight excluding hydrogens is 432 g/mol. The summed E-state index contributed by atoms with van der Waals surface area (Å²) in [5.41, 5.74) is 2.81. The van der Waals surface area contributed by atoms with Crippen molar-refractivity contribution >= 4 is 34.9 Å². The second kappa shape index (κ2) is 10.2. The van der Waals surface area contributed by atoms with Gasteiger partial charge in [-0.15, -0.1) is 0 Å². The Labute approximate surface area is 201 Å². The lowest BCUT2D eigenvalue weighted by Gasteiger charge is -2.33. The maximum atomic E-state index is 5.69. The van der Waals surface area contributed by atoms with Gasteiger partial charge in [-0.05, 0) is 61.4 Å². The number of benzene rings is 1. The van der Waals surface area contributed by atoms with Gasteiger partial charge in [0.2, 0.25) is 5.95 Å². The predicted octanol–water partition coefficient (Wildman–Crippen LogP) is 3.74. The molecule has 1 aromatic carbocycles. The number of rotatable bonds is 5. The number of hydrogen-bond donors (Lipinski definition) is 2. The third kappa shape index (κ3) is 5.55. The Morgan fingerprint density at radius 1 is 1.06 bits per heavy atom. The Morgan fingerprint density at radius 2 is 1.82 bits per heavy atom. The molecule has 4 heterocycles. The molecule has 2 N–H and O–H groups in total. The molecule has 0 aliphatic carbocycles. The second-order valence-corrected chi connectivity index (χ2v) is 9.90. The number of nitrogens with zero attached hydrogens (tertiary/aromatic N) is 4. The van der Waals surface area contributed by atoms with Crippen molar-refractivity contribution in [3.63, 3.8) is 0 Å². The van der Waals surface area contributed by atoms with Crippen LogP contribution in [0.25, 0.3) is 0 Å². The maximum Gasteiger partial charge on any atom is 0.232 e. The lowest BCUT2D eigenvalue weighted by Crippen LogP contribution is -2.37. The van der Waals surface area contributed by atoms with Gasteiger partial charge in [0.15, 0.2) is 5.11 Å². The summed E-state index contributed by atoms with van der Waals surface area (Å²) in [6.07, 6.45) is 5.85. The standard InChI is InChI=1S/C25H34N6OS/c1-18-8-11-30(12-9-18)22-15-23(31-13-10-19-5-2-3-6-20(19)17-31)28-24(27-22)29-25(33)26-16-21-7-4-14-32-21/h2-3,5-6,15,18,21H,4,7-14,16-17H2,1H3,(H2,26,27,28,29,33)/t21-/m0/s1. The van der Waals surface area contributed by atoms with Gasteiger partial charge in [-0.2, -0.15) is 9.97 Å². The van der Waals surface area contributed by atoms with Gasteiger partial charge in [0, 0.05) is 45.4 Å². The lowest BCUT2D eigenvalue weighted by atomic mass is 9.99. The molecule has 1 atom stereocenters. The van der Waals surface area contributed by atoms with E-state index in [0.717, 1.165) is 69.6 Å². The molecule has 0 bridgehead atoms. The van der Waals surface area contributed by atoms with E-state index in [0.29, 0.717) is 17.6 Å². The highest BCUT2D eigenvalue weighted by Gasteiger charge is 2.23. The average Bonchev–Trinajstić information content (AvgIpc) is 3.36. The van der Waals surface area contributed by atoms with E-state index in [1.165, 1.54) is 24.0 Å². The van der Waals surface area contributed by atoms with E-state index in [4.69, 9.17) is 26.9 Å². The van der Waals surface area contributed by atoms with Crippen LogP contribution in [0.15, 0.2) is 30.3 Å². The van der Waals surface area contributed by atoms with Crippen LogP contribution in [0, 0.1) is 5.92 Å². The zero-order valence-electron chi connectivity index (χ0n) is 19.4. The van der Waals surface area contributed by atoms with E-state index < -0.39 is 0 Å². The highest BCUT2D eigenvalue weighted by atomic mass is 32.1. The quantitative estimate of drug-likeness (QED) is 0.646. The van der Waals surface area contributed by atoms with Gasteiger partial charge in [-0.25, -0.2) is 0 Å². The van der Waals surface area contributed by atoms with E-state index >= 15 is 0 Å². The third-order valence-corrected chi connectivity index (χ3v) is 7.25. The molecule has 0 saturated carbocycles. The molecule has 0 amide bonds. The molecule has 0 spiro atoms. The van der Waals surface area contributed by atoms with Gasteiger partial charge in [-0.3, -0.25) is 0 Å². The summed E-state index contributed by atoms with van der Waals surface area (Å²) in [7, 11) is 0. The van der Waals surface area contributed by atoms with Gasteiger partial charge in [0.25, 0.3) is 0 Å². The Morgan fingerprint density at radius 3 is 2.58 bits per heavy atom. The Bertz CT molecular complexity index is 971. The molecule has 7 nitrogen and oxygen atoms in total. The molecule has 2 fully saturated rings. The van der Waals surface area contributed by atoms with Gasteiger partial charge >= 0.3 is 0 Å². The van der Waals surface area contributed by atoms with Crippen molar-refractivity contribution < 1.29 is 4.74 Å². The molecule has 33 heavy (non-hydrogen) atoms. The fraction of sp³-hybridized carbons (Fsp3) is 0.560. The number of hydrogen-bond acceptors (Lipinski definition) is 6. The van der Waals surface area contributed by atoms with E-state index in [-0.39, 0.29) is 6.10 Å². The number of thiocarbonyl (C=S) groups is 1. The molecular formula is C25H34N6OS. The van der Waals surface area contributed by atoms with E-state index in [1.54, 1.807) is 0 Å². The van der Waals surface area contributed by atoms with E-state index in [1.807, 2.05) is 0 Å². The van der Waals surface area contributed by atoms with Gasteiger partial charge < -0.3 is 25.2 Å².